The zero-order chi connectivity index (χ0) is 32.0. The van der Waals surface area contributed by atoms with Gasteiger partial charge in [0.05, 0.1) is 31.1 Å². The second kappa shape index (κ2) is 13.8. The minimum absolute atomic E-state index is 0.165. The molecule has 0 spiro atoms. The highest BCUT2D eigenvalue weighted by Crippen LogP contribution is 2.29. The summed E-state index contributed by atoms with van der Waals surface area (Å²) in [5.41, 5.74) is 5.84. The van der Waals surface area contributed by atoms with Gasteiger partial charge < -0.3 is 20.4 Å². The zero-order valence-corrected chi connectivity index (χ0v) is 26.5. The molecule has 6 aromatic rings. The second-order valence-electron chi connectivity index (χ2n) is 10.6. The number of aromatic nitrogens is 8. The molecular weight excluding hydrogens is 627 g/mol. The lowest BCUT2D eigenvalue weighted by molar-refractivity contribution is 0.236. The monoisotopic (exact) mass is 656 g/mol. The Morgan fingerprint density at radius 1 is 1.04 bits per heavy atom. The van der Waals surface area contributed by atoms with Crippen LogP contribution in [0.25, 0.3) is 16.9 Å². The number of nitrogens with zero attached hydrogens (tertiary/aromatic N) is 7. The number of carbonyl (C=O) groups excluding carboxylic acids is 1. The SMILES string of the molecule is COc1ccc(Cn2ccc(C[C@H](NC(=O)NCc3cc(Cl)ccc3-n3cnnn3)c3nc(-c4ccc(C)cc4)c(Cl)[nH]3)n2)cc1. The van der Waals surface area contributed by atoms with E-state index in [2.05, 4.69) is 31.1 Å². The number of rotatable bonds is 11. The van der Waals surface area contributed by atoms with Gasteiger partial charge in [-0.3, -0.25) is 4.68 Å². The molecule has 14 heteroatoms. The van der Waals surface area contributed by atoms with E-state index < -0.39 is 12.1 Å². The Morgan fingerprint density at radius 2 is 1.85 bits per heavy atom. The minimum atomic E-state index is -0.584. The third kappa shape index (κ3) is 7.36. The van der Waals surface area contributed by atoms with Crippen molar-refractivity contribution in [3.05, 3.63) is 124 Å². The largest absolute Gasteiger partial charge is 0.497 e. The number of nitrogens with one attached hydrogen (secondary N) is 3. The van der Waals surface area contributed by atoms with Gasteiger partial charge in [0.25, 0.3) is 0 Å². The molecule has 2 amide bonds. The van der Waals surface area contributed by atoms with Crippen LogP contribution in [0.1, 0.15) is 34.3 Å². The van der Waals surface area contributed by atoms with Crippen molar-refractivity contribution in [1.29, 1.82) is 0 Å². The number of aromatic amines is 1. The van der Waals surface area contributed by atoms with E-state index in [9.17, 15) is 4.79 Å². The van der Waals surface area contributed by atoms with Gasteiger partial charge in [0.1, 0.15) is 28.7 Å². The second-order valence-corrected chi connectivity index (χ2v) is 11.4. The van der Waals surface area contributed by atoms with Crippen molar-refractivity contribution >= 4 is 29.2 Å². The van der Waals surface area contributed by atoms with Crippen molar-refractivity contribution < 1.29 is 9.53 Å². The molecule has 3 N–H and O–H groups in total. The lowest BCUT2D eigenvalue weighted by atomic mass is 10.1. The maximum atomic E-state index is 13.4. The number of carbonyl (C=O) groups is 1. The molecule has 0 aliphatic carbocycles. The normalized spacial score (nSPS) is 11.7. The van der Waals surface area contributed by atoms with E-state index in [4.69, 9.17) is 38.0 Å². The van der Waals surface area contributed by atoms with E-state index in [1.54, 1.807) is 25.3 Å². The predicted molar refractivity (Wildman–Crippen MR) is 174 cm³/mol. The molecule has 3 aromatic heterocycles. The summed E-state index contributed by atoms with van der Waals surface area (Å²) in [6.45, 7) is 2.76. The number of methoxy groups -OCH3 is 1. The lowest BCUT2D eigenvalue weighted by Crippen LogP contribution is -2.39. The van der Waals surface area contributed by atoms with Crippen LogP contribution in [0.5, 0.6) is 5.75 Å². The van der Waals surface area contributed by atoms with Crippen LogP contribution in [0, 0.1) is 6.92 Å². The predicted octanol–water partition coefficient (Wildman–Crippen LogP) is 5.70. The maximum Gasteiger partial charge on any atom is 0.315 e. The Bertz CT molecular complexity index is 1920. The Labute approximate surface area is 274 Å². The van der Waals surface area contributed by atoms with Crippen LogP contribution in [-0.4, -0.2) is 53.1 Å². The highest BCUT2D eigenvalue weighted by atomic mass is 35.5. The van der Waals surface area contributed by atoms with Gasteiger partial charge in [-0.05, 0) is 64.9 Å². The number of aryl methyl sites for hydroxylation is 1. The number of H-pyrrole nitrogens is 1. The van der Waals surface area contributed by atoms with Crippen LogP contribution in [0.15, 0.2) is 85.3 Å². The average Bonchev–Trinajstić information content (AvgIpc) is 3.83. The third-order valence-electron chi connectivity index (χ3n) is 7.33. The van der Waals surface area contributed by atoms with Gasteiger partial charge in [0.15, 0.2) is 0 Å². The first-order chi connectivity index (χ1) is 22.3. The Hall–Kier alpha value is -5.20. The van der Waals surface area contributed by atoms with Crippen LogP contribution in [0.2, 0.25) is 10.2 Å². The Kier molecular flexibility index (Phi) is 9.27. The first kappa shape index (κ1) is 30.8. The summed E-state index contributed by atoms with van der Waals surface area (Å²) < 4.78 is 8.62. The van der Waals surface area contributed by atoms with Gasteiger partial charge in [0, 0.05) is 29.7 Å². The molecule has 0 unspecified atom stereocenters. The Balaban J connectivity index is 1.22. The third-order valence-corrected chi connectivity index (χ3v) is 7.84. The summed E-state index contributed by atoms with van der Waals surface area (Å²) >= 11 is 12.9. The fraction of sp³-hybridized carbons (Fsp3) is 0.188. The van der Waals surface area contributed by atoms with Gasteiger partial charge in [-0.1, -0.05) is 65.2 Å². The number of hydrogen-bond acceptors (Lipinski definition) is 7. The van der Waals surface area contributed by atoms with E-state index >= 15 is 0 Å². The molecular formula is C32H30Cl2N10O2. The standard InChI is InChI=1S/C32H30Cl2N10O2/c1-20-3-7-22(8-4-20)29-30(34)39-31(38-29)27(16-25-13-14-43(40-25)18-21-5-10-26(46-2)11-6-21)37-32(45)35-17-23-15-24(33)9-12-28(23)44-19-36-41-42-44/h3-15,19,27H,16-18H2,1-2H3,(H,38,39)(H2,35,37,45)/t27-/m0/s1. The van der Waals surface area contributed by atoms with E-state index in [-0.39, 0.29) is 6.54 Å². The highest BCUT2D eigenvalue weighted by Gasteiger charge is 2.23. The number of benzene rings is 3. The van der Waals surface area contributed by atoms with Crippen molar-refractivity contribution in [1.82, 2.24) is 50.6 Å². The van der Waals surface area contributed by atoms with Gasteiger partial charge in [-0.2, -0.15) is 5.10 Å². The molecule has 234 valence electrons. The minimum Gasteiger partial charge on any atom is -0.497 e. The summed E-state index contributed by atoms with van der Waals surface area (Å²) in [5, 5.41) is 23.0. The molecule has 0 aliphatic heterocycles. The van der Waals surface area contributed by atoms with Gasteiger partial charge in [-0.25, -0.2) is 14.5 Å². The zero-order valence-electron chi connectivity index (χ0n) is 25.0. The summed E-state index contributed by atoms with van der Waals surface area (Å²) in [7, 11) is 1.64. The topological polar surface area (TPSA) is 140 Å². The van der Waals surface area contributed by atoms with Crippen LogP contribution >= 0.6 is 23.2 Å². The molecule has 0 saturated heterocycles. The van der Waals surface area contributed by atoms with Crippen LogP contribution in [0.4, 0.5) is 4.79 Å². The molecule has 46 heavy (non-hydrogen) atoms. The van der Waals surface area contributed by atoms with Gasteiger partial charge in [-0.15, -0.1) is 5.10 Å². The van der Waals surface area contributed by atoms with Crippen LogP contribution in [-0.2, 0) is 19.5 Å². The van der Waals surface area contributed by atoms with Crippen LogP contribution in [0.3, 0.4) is 0 Å². The van der Waals surface area contributed by atoms with E-state index in [1.165, 1.54) is 11.0 Å². The van der Waals surface area contributed by atoms with Crippen LogP contribution < -0.4 is 15.4 Å². The van der Waals surface area contributed by atoms with Crippen molar-refractivity contribution in [3.63, 3.8) is 0 Å². The number of urea groups is 1. The lowest BCUT2D eigenvalue weighted by Gasteiger charge is -2.17. The smallest absolute Gasteiger partial charge is 0.315 e. The first-order valence-corrected chi connectivity index (χ1v) is 15.1. The number of imidazole rings is 1. The van der Waals surface area contributed by atoms with E-state index in [1.807, 2.05) is 72.4 Å². The fourth-order valence-corrected chi connectivity index (χ4v) is 5.40. The summed E-state index contributed by atoms with van der Waals surface area (Å²) in [6, 6.07) is 21.9. The molecule has 0 fully saturated rings. The highest BCUT2D eigenvalue weighted by molar-refractivity contribution is 6.32. The molecule has 0 bridgehead atoms. The molecule has 3 heterocycles. The maximum absolute atomic E-state index is 13.4. The fourth-order valence-electron chi connectivity index (χ4n) is 4.96. The van der Waals surface area contributed by atoms with Gasteiger partial charge >= 0.3 is 6.03 Å². The molecule has 1 atom stereocenters. The first-order valence-electron chi connectivity index (χ1n) is 14.4. The summed E-state index contributed by atoms with van der Waals surface area (Å²) in [6.07, 6.45) is 3.74. The average molecular weight is 658 g/mol. The van der Waals surface area contributed by atoms with Crippen molar-refractivity contribution in [2.24, 2.45) is 0 Å². The van der Waals surface area contributed by atoms with E-state index in [0.717, 1.165) is 33.7 Å². The number of hydrogen-bond donors (Lipinski definition) is 3. The molecule has 0 saturated carbocycles. The quantitative estimate of drug-likeness (QED) is 0.162. The van der Waals surface area contributed by atoms with Gasteiger partial charge in [0.2, 0.25) is 0 Å². The molecule has 3 aromatic carbocycles. The van der Waals surface area contributed by atoms with Crippen molar-refractivity contribution in [3.8, 4) is 22.7 Å². The summed E-state index contributed by atoms with van der Waals surface area (Å²) in [5.74, 6) is 1.29. The number of ether oxygens (including phenoxy) is 1. The van der Waals surface area contributed by atoms with E-state index in [0.29, 0.717) is 40.3 Å². The summed E-state index contributed by atoms with van der Waals surface area (Å²) in [4.78, 5) is 21.3. The molecule has 0 radical (unpaired) electrons. The molecule has 6 rings (SSSR count). The molecule has 12 nitrogen and oxygen atoms in total. The number of tetrazole rings is 1. The number of amides is 2. The van der Waals surface area contributed by atoms with Crippen molar-refractivity contribution in [2.45, 2.75) is 32.5 Å². The van der Waals surface area contributed by atoms with Crippen molar-refractivity contribution in [2.75, 3.05) is 7.11 Å². The Morgan fingerprint density at radius 3 is 2.59 bits per heavy atom. The molecule has 0 aliphatic rings. The number of halogens is 2.